The molecule has 1 aromatic rings. The fourth-order valence-corrected chi connectivity index (χ4v) is 2.99. The van der Waals surface area contributed by atoms with Gasteiger partial charge in [-0.2, -0.15) is 0 Å². The number of halogens is 1. The Bertz CT molecular complexity index is 474. The molecule has 0 saturated carbocycles. The van der Waals surface area contributed by atoms with Crippen LogP contribution in [0.4, 0.5) is 5.00 Å². The van der Waals surface area contributed by atoms with Crippen LogP contribution in [-0.2, 0) is 0 Å². The van der Waals surface area contributed by atoms with Gasteiger partial charge in [0, 0.05) is 30.6 Å². The van der Waals surface area contributed by atoms with E-state index in [1.54, 1.807) is 5.38 Å². The third-order valence-corrected chi connectivity index (χ3v) is 4.09. The maximum Gasteiger partial charge on any atom is 0.324 e. The molecule has 1 aliphatic heterocycles. The number of amides is 1. The first-order valence-corrected chi connectivity index (χ1v) is 7.26. The third kappa shape index (κ3) is 3.68. The van der Waals surface area contributed by atoms with Crippen molar-refractivity contribution in [2.24, 2.45) is 0 Å². The van der Waals surface area contributed by atoms with Gasteiger partial charge in [-0.25, -0.2) is 0 Å². The standard InChI is InChI=1S/C12H17N3O3S.ClH/c1-2-5-14(10-3-4-13-7-10)12(16)9-6-11(15(17)18)19-8-9;/h6,8,10,13H,2-5,7H2,1H3;1H. The van der Waals surface area contributed by atoms with Gasteiger partial charge in [0.1, 0.15) is 0 Å². The summed E-state index contributed by atoms with van der Waals surface area (Å²) in [4.78, 5) is 24.5. The second kappa shape index (κ2) is 7.56. The number of carbonyl (C=O) groups is 1. The highest BCUT2D eigenvalue weighted by atomic mass is 35.5. The summed E-state index contributed by atoms with van der Waals surface area (Å²) in [5.74, 6) is -0.0973. The van der Waals surface area contributed by atoms with Crippen LogP contribution in [-0.4, -0.2) is 41.4 Å². The molecule has 2 heterocycles. The van der Waals surface area contributed by atoms with E-state index in [4.69, 9.17) is 0 Å². The van der Waals surface area contributed by atoms with Crippen LogP contribution >= 0.6 is 23.7 Å². The maximum absolute atomic E-state index is 12.4. The van der Waals surface area contributed by atoms with Crippen molar-refractivity contribution in [2.45, 2.75) is 25.8 Å². The topological polar surface area (TPSA) is 75.5 Å². The molecule has 1 aromatic heterocycles. The molecule has 1 aliphatic rings. The van der Waals surface area contributed by atoms with Crippen LogP contribution in [0, 0.1) is 10.1 Å². The largest absolute Gasteiger partial charge is 0.334 e. The van der Waals surface area contributed by atoms with E-state index in [1.165, 1.54) is 6.07 Å². The van der Waals surface area contributed by atoms with Crippen molar-refractivity contribution < 1.29 is 9.72 Å². The van der Waals surface area contributed by atoms with Crippen molar-refractivity contribution >= 4 is 34.7 Å². The highest BCUT2D eigenvalue weighted by molar-refractivity contribution is 7.13. The molecule has 0 spiro atoms. The number of hydrogen-bond donors (Lipinski definition) is 1. The number of rotatable bonds is 5. The summed E-state index contributed by atoms with van der Waals surface area (Å²) >= 11 is 1.00. The van der Waals surface area contributed by atoms with Crippen LogP contribution in [0.15, 0.2) is 11.4 Å². The van der Waals surface area contributed by atoms with Crippen LogP contribution in [0.3, 0.4) is 0 Å². The van der Waals surface area contributed by atoms with Crippen LogP contribution in [0.5, 0.6) is 0 Å². The highest BCUT2D eigenvalue weighted by Crippen LogP contribution is 2.24. The fourth-order valence-electron chi connectivity index (χ4n) is 2.29. The lowest BCUT2D eigenvalue weighted by atomic mass is 10.1. The van der Waals surface area contributed by atoms with E-state index in [2.05, 4.69) is 5.32 Å². The number of nitrogens with zero attached hydrogens (tertiary/aromatic N) is 2. The molecule has 112 valence electrons. The van der Waals surface area contributed by atoms with Crippen molar-refractivity contribution in [3.05, 3.63) is 27.1 Å². The number of nitrogens with one attached hydrogen (secondary N) is 1. The molecule has 1 N–H and O–H groups in total. The first-order chi connectivity index (χ1) is 9.13. The van der Waals surface area contributed by atoms with Crippen molar-refractivity contribution in [1.29, 1.82) is 0 Å². The van der Waals surface area contributed by atoms with Gasteiger partial charge in [0.15, 0.2) is 0 Å². The van der Waals surface area contributed by atoms with Gasteiger partial charge in [0.2, 0.25) is 0 Å². The molecule has 0 aliphatic carbocycles. The van der Waals surface area contributed by atoms with Crippen molar-refractivity contribution in [3.63, 3.8) is 0 Å². The first kappa shape index (κ1) is 16.9. The Morgan fingerprint density at radius 1 is 1.65 bits per heavy atom. The van der Waals surface area contributed by atoms with E-state index in [9.17, 15) is 14.9 Å². The zero-order chi connectivity index (χ0) is 13.8. The molecule has 2 rings (SSSR count). The van der Waals surface area contributed by atoms with E-state index in [0.29, 0.717) is 12.1 Å². The summed E-state index contributed by atoms with van der Waals surface area (Å²) in [6, 6.07) is 1.57. The fraction of sp³-hybridized carbons (Fsp3) is 0.583. The Morgan fingerprint density at radius 3 is 2.90 bits per heavy atom. The number of carbonyl (C=O) groups excluding carboxylic acids is 1. The summed E-state index contributed by atoms with van der Waals surface area (Å²) in [6.45, 7) is 4.44. The van der Waals surface area contributed by atoms with Crippen molar-refractivity contribution in [2.75, 3.05) is 19.6 Å². The minimum atomic E-state index is -0.456. The number of nitro groups is 1. The SMILES string of the molecule is CCCN(C(=O)c1csc([N+](=O)[O-])c1)C1CCNC1.Cl. The Labute approximate surface area is 127 Å². The van der Waals surface area contributed by atoms with Gasteiger partial charge in [-0.15, -0.1) is 12.4 Å². The lowest BCUT2D eigenvalue weighted by Crippen LogP contribution is -2.41. The van der Waals surface area contributed by atoms with E-state index in [0.717, 1.165) is 37.3 Å². The van der Waals surface area contributed by atoms with Crippen LogP contribution < -0.4 is 5.32 Å². The molecule has 1 atom stereocenters. The molecule has 0 aromatic carbocycles. The molecule has 1 fully saturated rings. The zero-order valence-corrected chi connectivity index (χ0v) is 12.8. The molecular weight excluding hydrogens is 302 g/mol. The Hall–Kier alpha value is -1.18. The zero-order valence-electron chi connectivity index (χ0n) is 11.2. The second-order valence-electron chi connectivity index (χ2n) is 4.58. The lowest BCUT2D eigenvalue weighted by Gasteiger charge is -2.27. The number of hydrogen-bond acceptors (Lipinski definition) is 5. The predicted molar refractivity (Wildman–Crippen MR) is 80.8 cm³/mol. The molecule has 1 amide bonds. The van der Waals surface area contributed by atoms with Gasteiger partial charge < -0.3 is 10.2 Å². The van der Waals surface area contributed by atoms with Crippen LogP contribution in [0.1, 0.15) is 30.1 Å². The van der Waals surface area contributed by atoms with Gasteiger partial charge in [-0.3, -0.25) is 14.9 Å². The van der Waals surface area contributed by atoms with Crippen LogP contribution in [0.25, 0.3) is 0 Å². The Balaban J connectivity index is 0.00000200. The molecular formula is C12H18ClN3O3S. The summed E-state index contributed by atoms with van der Waals surface area (Å²) in [5, 5.41) is 15.5. The van der Waals surface area contributed by atoms with E-state index < -0.39 is 4.92 Å². The predicted octanol–water partition coefficient (Wildman–Crippen LogP) is 2.29. The van der Waals surface area contributed by atoms with E-state index in [-0.39, 0.29) is 29.4 Å². The summed E-state index contributed by atoms with van der Waals surface area (Å²) < 4.78 is 0. The molecule has 20 heavy (non-hydrogen) atoms. The second-order valence-corrected chi connectivity index (χ2v) is 5.47. The smallest absolute Gasteiger partial charge is 0.324 e. The molecule has 0 radical (unpaired) electrons. The summed E-state index contributed by atoms with van der Waals surface area (Å²) in [7, 11) is 0. The summed E-state index contributed by atoms with van der Waals surface area (Å²) in [6.07, 6.45) is 1.83. The van der Waals surface area contributed by atoms with E-state index >= 15 is 0 Å². The molecule has 0 bridgehead atoms. The minimum absolute atomic E-state index is 0. The van der Waals surface area contributed by atoms with Gasteiger partial charge >= 0.3 is 5.00 Å². The van der Waals surface area contributed by atoms with Gasteiger partial charge in [0.25, 0.3) is 5.91 Å². The average molecular weight is 320 g/mol. The minimum Gasteiger partial charge on any atom is -0.334 e. The molecule has 1 unspecified atom stereocenters. The quantitative estimate of drug-likeness (QED) is 0.667. The van der Waals surface area contributed by atoms with Gasteiger partial charge in [0.05, 0.1) is 10.5 Å². The molecule has 8 heteroatoms. The maximum atomic E-state index is 12.4. The lowest BCUT2D eigenvalue weighted by molar-refractivity contribution is -0.380. The monoisotopic (exact) mass is 319 g/mol. The number of thiophene rings is 1. The van der Waals surface area contributed by atoms with Gasteiger partial charge in [-0.05, 0) is 19.4 Å². The highest BCUT2D eigenvalue weighted by Gasteiger charge is 2.28. The van der Waals surface area contributed by atoms with Gasteiger partial charge in [-0.1, -0.05) is 18.3 Å². The molecule has 1 saturated heterocycles. The average Bonchev–Trinajstić information content (AvgIpc) is 3.05. The Kier molecular flexibility index (Phi) is 6.38. The van der Waals surface area contributed by atoms with Crippen molar-refractivity contribution in [3.8, 4) is 0 Å². The van der Waals surface area contributed by atoms with E-state index in [1.807, 2.05) is 11.8 Å². The first-order valence-electron chi connectivity index (χ1n) is 6.38. The Morgan fingerprint density at radius 2 is 2.40 bits per heavy atom. The summed E-state index contributed by atoms with van der Waals surface area (Å²) in [5.41, 5.74) is 0.428. The third-order valence-electron chi connectivity index (χ3n) is 3.21. The molecule has 6 nitrogen and oxygen atoms in total. The van der Waals surface area contributed by atoms with Crippen molar-refractivity contribution in [1.82, 2.24) is 10.2 Å². The van der Waals surface area contributed by atoms with Crippen LogP contribution in [0.2, 0.25) is 0 Å². The normalized spacial score (nSPS) is 17.6.